The van der Waals surface area contributed by atoms with Crippen LogP contribution in [0, 0.1) is 11.7 Å². The van der Waals surface area contributed by atoms with Crippen LogP contribution in [-0.2, 0) is 6.54 Å². The number of nitrogens with zero attached hydrogens (tertiary/aromatic N) is 2. The summed E-state index contributed by atoms with van der Waals surface area (Å²) in [4.78, 5) is 19.1. The molecule has 0 aliphatic carbocycles. The van der Waals surface area contributed by atoms with E-state index in [1.54, 1.807) is 12.4 Å². The largest absolute Gasteiger partial charge is 0.496 e. The van der Waals surface area contributed by atoms with E-state index in [-0.39, 0.29) is 11.7 Å². The van der Waals surface area contributed by atoms with Crippen molar-refractivity contribution in [2.24, 2.45) is 5.92 Å². The highest BCUT2D eigenvalue weighted by Gasteiger charge is 2.28. The summed E-state index contributed by atoms with van der Waals surface area (Å²) in [5.41, 5.74) is 1.52. The van der Waals surface area contributed by atoms with Crippen molar-refractivity contribution in [3.8, 4) is 5.75 Å². The predicted molar refractivity (Wildman–Crippen MR) is 89.5 cm³/mol. The van der Waals surface area contributed by atoms with E-state index in [2.05, 4.69) is 9.88 Å². The Morgan fingerprint density at radius 3 is 2.88 bits per heavy atom. The van der Waals surface area contributed by atoms with Gasteiger partial charge in [-0.3, -0.25) is 14.7 Å². The number of carbonyl (C=O) groups excluding carboxylic acids is 1. The number of likely N-dealkylation sites (tertiary alicyclic amines) is 1. The van der Waals surface area contributed by atoms with Crippen molar-refractivity contribution < 1.29 is 13.9 Å². The molecule has 1 aromatic heterocycles. The number of benzene rings is 1. The average molecular weight is 328 g/mol. The minimum Gasteiger partial charge on any atom is -0.496 e. The molecule has 0 saturated carbocycles. The molecule has 3 rings (SSSR count). The maximum Gasteiger partial charge on any atom is 0.171 e. The van der Waals surface area contributed by atoms with Crippen molar-refractivity contribution in [3.05, 3.63) is 59.7 Å². The molecule has 1 unspecified atom stereocenters. The van der Waals surface area contributed by atoms with E-state index in [0.29, 0.717) is 17.9 Å². The fourth-order valence-electron chi connectivity index (χ4n) is 3.25. The topological polar surface area (TPSA) is 42.4 Å². The number of pyridine rings is 1. The fourth-order valence-corrected chi connectivity index (χ4v) is 3.25. The van der Waals surface area contributed by atoms with Crippen LogP contribution in [0.25, 0.3) is 0 Å². The lowest BCUT2D eigenvalue weighted by atomic mass is 9.89. The minimum absolute atomic E-state index is 0.0363. The van der Waals surface area contributed by atoms with Crippen LogP contribution in [0.15, 0.2) is 42.7 Å². The molecule has 1 fully saturated rings. The number of rotatable bonds is 5. The van der Waals surface area contributed by atoms with Gasteiger partial charge in [-0.1, -0.05) is 0 Å². The van der Waals surface area contributed by atoms with Gasteiger partial charge in [0.15, 0.2) is 5.78 Å². The first-order valence-electron chi connectivity index (χ1n) is 8.16. The zero-order chi connectivity index (χ0) is 16.9. The lowest BCUT2D eigenvalue weighted by molar-refractivity contribution is 0.0808. The SMILES string of the molecule is COc1ccc(F)cc1C(=O)C1CCCN(Cc2ccncc2)C1. The maximum atomic E-state index is 13.6. The van der Waals surface area contributed by atoms with Gasteiger partial charge in [-0.25, -0.2) is 4.39 Å². The number of Topliss-reactive ketones (excluding diaryl/α,β-unsaturated/α-hetero) is 1. The predicted octanol–water partition coefficient (Wildman–Crippen LogP) is 3.32. The number of carbonyl (C=O) groups is 1. The first kappa shape index (κ1) is 16.6. The summed E-state index contributed by atoms with van der Waals surface area (Å²) in [6.45, 7) is 2.44. The van der Waals surface area contributed by atoms with E-state index in [0.717, 1.165) is 25.9 Å². The summed E-state index contributed by atoms with van der Waals surface area (Å²) >= 11 is 0. The van der Waals surface area contributed by atoms with E-state index in [9.17, 15) is 9.18 Å². The molecule has 0 amide bonds. The van der Waals surface area contributed by atoms with Crippen molar-refractivity contribution in [1.29, 1.82) is 0 Å². The Balaban J connectivity index is 1.72. The van der Waals surface area contributed by atoms with E-state index < -0.39 is 5.82 Å². The zero-order valence-electron chi connectivity index (χ0n) is 13.7. The number of methoxy groups -OCH3 is 1. The zero-order valence-corrected chi connectivity index (χ0v) is 13.7. The highest BCUT2D eigenvalue weighted by Crippen LogP contribution is 2.27. The monoisotopic (exact) mass is 328 g/mol. The summed E-state index contributed by atoms with van der Waals surface area (Å²) in [5.74, 6) is -0.140. The molecular formula is C19H21FN2O2. The number of piperidine rings is 1. The summed E-state index contributed by atoms with van der Waals surface area (Å²) in [7, 11) is 1.50. The molecule has 5 heteroatoms. The van der Waals surface area contributed by atoms with Crippen molar-refractivity contribution in [1.82, 2.24) is 9.88 Å². The summed E-state index contributed by atoms with van der Waals surface area (Å²) in [6.07, 6.45) is 5.34. The smallest absolute Gasteiger partial charge is 0.171 e. The molecule has 1 aliphatic rings. The van der Waals surface area contributed by atoms with Gasteiger partial charge in [-0.2, -0.15) is 0 Å². The number of aromatic nitrogens is 1. The van der Waals surface area contributed by atoms with E-state index in [4.69, 9.17) is 4.74 Å². The Kier molecular flexibility index (Phi) is 5.20. The second-order valence-electron chi connectivity index (χ2n) is 6.14. The Labute approximate surface area is 141 Å². The molecule has 24 heavy (non-hydrogen) atoms. The summed E-state index contributed by atoms with van der Waals surface area (Å²) in [6, 6.07) is 8.08. The summed E-state index contributed by atoms with van der Waals surface area (Å²) < 4.78 is 18.8. The Morgan fingerprint density at radius 1 is 1.33 bits per heavy atom. The quantitative estimate of drug-likeness (QED) is 0.790. The number of halogens is 1. The van der Waals surface area contributed by atoms with Gasteiger partial charge in [-0.05, 0) is 55.3 Å². The van der Waals surface area contributed by atoms with Gasteiger partial charge in [0.2, 0.25) is 0 Å². The van der Waals surface area contributed by atoms with E-state index in [1.807, 2.05) is 12.1 Å². The molecule has 1 aliphatic heterocycles. The highest BCUT2D eigenvalue weighted by molar-refractivity contribution is 6.00. The average Bonchev–Trinajstić information content (AvgIpc) is 2.62. The molecule has 0 radical (unpaired) electrons. The molecular weight excluding hydrogens is 307 g/mol. The lowest BCUT2D eigenvalue weighted by Crippen LogP contribution is -2.38. The van der Waals surface area contributed by atoms with Gasteiger partial charge in [0.25, 0.3) is 0 Å². The Bertz CT molecular complexity index is 706. The Morgan fingerprint density at radius 2 is 2.12 bits per heavy atom. The first-order valence-corrected chi connectivity index (χ1v) is 8.16. The Hall–Kier alpha value is -2.27. The summed E-state index contributed by atoms with van der Waals surface area (Å²) in [5, 5.41) is 0. The van der Waals surface area contributed by atoms with Crippen LogP contribution in [-0.4, -0.2) is 35.9 Å². The van der Waals surface area contributed by atoms with Gasteiger partial charge >= 0.3 is 0 Å². The molecule has 2 heterocycles. The van der Waals surface area contributed by atoms with E-state index in [1.165, 1.54) is 30.9 Å². The molecule has 0 N–H and O–H groups in total. The molecule has 2 aromatic rings. The van der Waals surface area contributed by atoms with E-state index >= 15 is 0 Å². The normalized spacial score (nSPS) is 18.3. The standard InChI is InChI=1S/C19H21FN2O2/c1-24-18-5-4-16(20)11-17(18)19(23)15-3-2-10-22(13-15)12-14-6-8-21-9-7-14/h4-9,11,15H,2-3,10,12-13H2,1H3. The highest BCUT2D eigenvalue weighted by atomic mass is 19.1. The fraction of sp³-hybridized carbons (Fsp3) is 0.368. The molecule has 1 aromatic carbocycles. The van der Waals surface area contributed by atoms with Crippen LogP contribution in [0.4, 0.5) is 4.39 Å². The van der Waals surface area contributed by atoms with Crippen molar-refractivity contribution >= 4 is 5.78 Å². The van der Waals surface area contributed by atoms with Crippen LogP contribution in [0.2, 0.25) is 0 Å². The molecule has 1 saturated heterocycles. The molecule has 0 bridgehead atoms. The number of hydrogen-bond donors (Lipinski definition) is 0. The van der Waals surface area contributed by atoms with Crippen molar-refractivity contribution in [2.75, 3.05) is 20.2 Å². The van der Waals surface area contributed by atoms with Crippen LogP contribution in [0.3, 0.4) is 0 Å². The van der Waals surface area contributed by atoms with Crippen LogP contribution in [0.1, 0.15) is 28.8 Å². The van der Waals surface area contributed by atoms with Crippen LogP contribution >= 0.6 is 0 Å². The minimum atomic E-state index is -0.413. The van der Waals surface area contributed by atoms with Gasteiger partial charge in [0, 0.05) is 31.4 Å². The van der Waals surface area contributed by atoms with Crippen molar-refractivity contribution in [3.63, 3.8) is 0 Å². The van der Waals surface area contributed by atoms with Crippen LogP contribution < -0.4 is 4.74 Å². The van der Waals surface area contributed by atoms with Gasteiger partial charge in [0.1, 0.15) is 11.6 Å². The molecule has 4 nitrogen and oxygen atoms in total. The van der Waals surface area contributed by atoms with Crippen LogP contribution in [0.5, 0.6) is 5.75 Å². The third-order valence-corrected chi connectivity index (χ3v) is 4.46. The first-order chi connectivity index (χ1) is 11.7. The number of ether oxygens (including phenoxy) is 1. The maximum absolute atomic E-state index is 13.6. The van der Waals surface area contributed by atoms with Gasteiger partial charge < -0.3 is 4.74 Å². The second-order valence-corrected chi connectivity index (χ2v) is 6.14. The molecule has 126 valence electrons. The number of hydrogen-bond acceptors (Lipinski definition) is 4. The number of ketones is 1. The van der Waals surface area contributed by atoms with Crippen molar-refractivity contribution in [2.45, 2.75) is 19.4 Å². The third-order valence-electron chi connectivity index (χ3n) is 4.46. The van der Waals surface area contributed by atoms with Gasteiger partial charge in [0.05, 0.1) is 12.7 Å². The molecule has 1 atom stereocenters. The lowest BCUT2D eigenvalue weighted by Gasteiger charge is -2.32. The van der Waals surface area contributed by atoms with Gasteiger partial charge in [-0.15, -0.1) is 0 Å². The second kappa shape index (κ2) is 7.53. The third kappa shape index (κ3) is 3.79. The molecule has 0 spiro atoms.